The van der Waals surface area contributed by atoms with Crippen LogP contribution >= 0.6 is 0 Å². The topological polar surface area (TPSA) is 34.1 Å². The molecular formula is C18H16O2S2. The minimum atomic E-state index is -1.18. The quantitative estimate of drug-likeness (QED) is 0.736. The molecule has 0 saturated heterocycles. The summed E-state index contributed by atoms with van der Waals surface area (Å²) in [5.74, 6) is 0.842. The van der Waals surface area contributed by atoms with Gasteiger partial charge < -0.3 is 0 Å². The molecule has 22 heavy (non-hydrogen) atoms. The lowest BCUT2D eigenvalue weighted by atomic mass is 10.1. The second-order valence-electron chi connectivity index (χ2n) is 5.23. The third kappa shape index (κ3) is 3.03. The van der Waals surface area contributed by atoms with E-state index in [0.717, 1.165) is 22.3 Å². The lowest BCUT2D eigenvalue weighted by Crippen LogP contribution is -2.03. The van der Waals surface area contributed by atoms with Crippen LogP contribution in [0.5, 0.6) is 0 Å². The molecule has 2 aromatic rings. The van der Waals surface area contributed by atoms with Gasteiger partial charge in [0.1, 0.15) is 0 Å². The summed E-state index contributed by atoms with van der Waals surface area (Å²) in [5.41, 5.74) is 3.56. The molecule has 0 amide bonds. The van der Waals surface area contributed by atoms with Gasteiger partial charge >= 0.3 is 0 Å². The van der Waals surface area contributed by atoms with Crippen molar-refractivity contribution >= 4 is 31.4 Å². The molecule has 4 heteroatoms. The maximum Gasteiger partial charge on any atom is 0.0574 e. The van der Waals surface area contributed by atoms with Gasteiger partial charge in [0.25, 0.3) is 0 Å². The fraction of sp³-hybridized carbons (Fsp3) is 0.111. The van der Waals surface area contributed by atoms with E-state index in [1.165, 1.54) is 0 Å². The summed E-state index contributed by atoms with van der Waals surface area (Å²) in [7, 11) is -2.36. The largest absolute Gasteiger partial charge is 0.254 e. The van der Waals surface area contributed by atoms with Crippen molar-refractivity contribution in [3.05, 3.63) is 83.9 Å². The second-order valence-corrected chi connectivity index (χ2v) is 8.17. The third-order valence-electron chi connectivity index (χ3n) is 3.64. The smallest absolute Gasteiger partial charge is 0.0574 e. The van der Waals surface area contributed by atoms with E-state index in [1.54, 1.807) is 0 Å². The minimum absolute atomic E-state index is 0.421. The van der Waals surface area contributed by atoms with E-state index < -0.39 is 21.6 Å². The van der Waals surface area contributed by atoms with Crippen molar-refractivity contribution in [2.45, 2.75) is 11.5 Å². The molecule has 4 bridgehead atoms. The Morgan fingerprint density at radius 2 is 1.18 bits per heavy atom. The average molecular weight is 328 g/mol. The van der Waals surface area contributed by atoms with E-state index >= 15 is 0 Å². The van der Waals surface area contributed by atoms with E-state index in [0.29, 0.717) is 21.3 Å². The SMILES string of the molecule is C=C1c2cccc(c2)C(=C)S(=O)Cc2cccc(c2)CS1=O. The van der Waals surface area contributed by atoms with Gasteiger partial charge in [-0.05, 0) is 28.3 Å². The number of hydrogen-bond acceptors (Lipinski definition) is 2. The van der Waals surface area contributed by atoms with E-state index in [2.05, 4.69) is 13.2 Å². The van der Waals surface area contributed by atoms with Gasteiger partial charge in [0.05, 0.1) is 33.1 Å². The fourth-order valence-electron chi connectivity index (χ4n) is 2.42. The van der Waals surface area contributed by atoms with Gasteiger partial charge in [-0.15, -0.1) is 0 Å². The molecule has 112 valence electrons. The zero-order valence-electron chi connectivity index (χ0n) is 12.1. The standard InChI is InChI=1S/C18H16O2S2/c1-13-17-7-4-8-18(10-17)14(2)22(20)12-16-6-3-5-15(9-16)11-21(13)19/h3-10H,1-2,11-12H2. The van der Waals surface area contributed by atoms with Crippen LogP contribution in [-0.4, -0.2) is 8.42 Å². The van der Waals surface area contributed by atoms with Crippen molar-refractivity contribution in [3.63, 3.8) is 0 Å². The Morgan fingerprint density at radius 1 is 0.727 bits per heavy atom. The first-order chi connectivity index (χ1) is 10.5. The van der Waals surface area contributed by atoms with Crippen LogP contribution in [0, 0.1) is 0 Å². The molecule has 2 unspecified atom stereocenters. The van der Waals surface area contributed by atoms with Gasteiger partial charge in [-0.25, -0.2) is 0 Å². The molecule has 3 rings (SSSR count). The van der Waals surface area contributed by atoms with Crippen LogP contribution in [-0.2, 0) is 33.1 Å². The lowest BCUT2D eigenvalue weighted by molar-refractivity contribution is 0.688. The van der Waals surface area contributed by atoms with Crippen LogP contribution in [0.2, 0.25) is 0 Å². The van der Waals surface area contributed by atoms with Crippen molar-refractivity contribution in [2.24, 2.45) is 0 Å². The van der Waals surface area contributed by atoms with E-state index in [-0.39, 0.29) is 0 Å². The predicted octanol–water partition coefficient (Wildman–Crippen LogP) is 3.84. The Bertz CT molecular complexity index is 761. The zero-order chi connectivity index (χ0) is 15.7. The summed E-state index contributed by atoms with van der Waals surface area (Å²) in [6.07, 6.45) is 0. The van der Waals surface area contributed by atoms with E-state index in [1.807, 2.05) is 48.5 Å². The monoisotopic (exact) mass is 328 g/mol. The summed E-state index contributed by atoms with van der Waals surface area (Å²) in [5, 5.41) is 0. The van der Waals surface area contributed by atoms with Crippen LogP contribution < -0.4 is 0 Å². The molecule has 0 aliphatic carbocycles. The molecule has 1 aliphatic rings. The molecule has 1 aliphatic heterocycles. The highest BCUT2D eigenvalue weighted by Crippen LogP contribution is 2.27. The van der Waals surface area contributed by atoms with Crippen LogP contribution in [0.15, 0.2) is 61.7 Å². The van der Waals surface area contributed by atoms with Crippen LogP contribution in [0.25, 0.3) is 9.81 Å². The van der Waals surface area contributed by atoms with Crippen molar-refractivity contribution in [1.82, 2.24) is 0 Å². The Morgan fingerprint density at radius 3 is 1.68 bits per heavy atom. The molecule has 2 nitrogen and oxygen atoms in total. The molecular weight excluding hydrogens is 312 g/mol. The third-order valence-corrected chi connectivity index (χ3v) is 6.40. The fourth-order valence-corrected chi connectivity index (χ4v) is 4.51. The van der Waals surface area contributed by atoms with Crippen molar-refractivity contribution < 1.29 is 8.42 Å². The summed E-state index contributed by atoms with van der Waals surface area (Å²) in [6, 6.07) is 15.2. The summed E-state index contributed by atoms with van der Waals surface area (Å²) in [4.78, 5) is 1.18. The summed E-state index contributed by atoms with van der Waals surface area (Å²) < 4.78 is 25.0. The Balaban J connectivity index is 2.12. The van der Waals surface area contributed by atoms with E-state index in [9.17, 15) is 8.42 Å². The normalized spacial score (nSPS) is 21.8. The van der Waals surface area contributed by atoms with Gasteiger partial charge in [-0.1, -0.05) is 55.6 Å². The average Bonchev–Trinajstić information content (AvgIpc) is 2.53. The van der Waals surface area contributed by atoms with Crippen LogP contribution in [0.3, 0.4) is 0 Å². The molecule has 1 heterocycles. The van der Waals surface area contributed by atoms with Crippen molar-refractivity contribution in [2.75, 3.05) is 0 Å². The molecule has 2 atom stereocenters. The maximum atomic E-state index is 12.5. The van der Waals surface area contributed by atoms with Gasteiger partial charge in [0, 0.05) is 9.81 Å². The van der Waals surface area contributed by atoms with Crippen LogP contribution in [0.1, 0.15) is 22.3 Å². The van der Waals surface area contributed by atoms with Gasteiger partial charge in [0.15, 0.2) is 0 Å². The molecule has 0 N–H and O–H groups in total. The molecule has 2 aromatic carbocycles. The Labute approximate surface area is 135 Å². The first kappa shape index (κ1) is 15.1. The van der Waals surface area contributed by atoms with Gasteiger partial charge in [0.2, 0.25) is 0 Å². The van der Waals surface area contributed by atoms with Crippen molar-refractivity contribution in [3.8, 4) is 0 Å². The van der Waals surface area contributed by atoms with Gasteiger partial charge in [-0.2, -0.15) is 0 Å². The van der Waals surface area contributed by atoms with Gasteiger partial charge in [-0.3, -0.25) is 8.42 Å². The molecule has 0 radical (unpaired) electrons. The first-order valence-corrected chi connectivity index (χ1v) is 9.51. The molecule has 0 spiro atoms. The Kier molecular flexibility index (Phi) is 4.23. The van der Waals surface area contributed by atoms with E-state index in [4.69, 9.17) is 0 Å². The molecule has 0 fully saturated rings. The number of benzene rings is 2. The molecule has 0 aromatic heterocycles. The highest BCUT2D eigenvalue weighted by Gasteiger charge is 2.15. The Hall–Kier alpha value is -1.78. The summed E-state index contributed by atoms with van der Waals surface area (Å²) in [6.45, 7) is 7.95. The first-order valence-electron chi connectivity index (χ1n) is 6.88. The number of rotatable bonds is 0. The highest BCUT2D eigenvalue weighted by atomic mass is 32.2. The maximum absolute atomic E-state index is 12.5. The lowest BCUT2D eigenvalue weighted by Gasteiger charge is -2.13. The van der Waals surface area contributed by atoms with Crippen molar-refractivity contribution in [1.29, 1.82) is 0 Å². The number of fused-ring (bicyclic) bond motifs is 4. The minimum Gasteiger partial charge on any atom is -0.254 e. The predicted molar refractivity (Wildman–Crippen MR) is 94.6 cm³/mol. The summed E-state index contributed by atoms with van der Waals surface area (Å²) >= 11 is 0. The second kappa shape index (κ2) is 6.15. The van der Waals surface area contributed by atoms with Crippen LogP contribution in [0.4, 0.5) is 0 Å². The molecule has 0 saturated carbocycles. The highest BCUT2D eigenvalue weighted by molar-refractivity contribution is 7.94. The number of hydrogen-bond donors (Lipinski definition) is 0. The zero-order valence-corrected chi connectivity index (χ0v) is 13.7.